The van der Waals surface area contributed by atoms with E-state index in [9.17, 15) is 16.8 Å². The van der Waals surface area contributed by atoms with Crippen LogP contribution in [0.2, 0.25) is 0 Å². The molecule has 7 nitrogen and oxygen atoms in total. The summed E-state index contributed by atoms with van der Waals surface area (Å²) in [5, 5.41) is 7.57. The summed E-state index contributed by atoms with van der Waals surface area (Å²) < 4.78 is 54.6. The van der Waals surface area contributed by atoms with Crippen LogP contribution in [0.1, 0.15) is 6.92 Å². The minimum atomic E-state index is -4.48. The smallest absolute Gasteiger partial charge is 0.367 e. The Morgan fingerprint density at radius 2 is 1.25 bits per heavy atom. The van der Waals surface area contributed by atoms with Crippen molar-refractivity contribution in [1.82, 2.24) is 0 Å². The lowest BCUT2D eigenvalue weighted by Gasteiger charge is -1.88. The van der Waals surface area contributed by atoms with Crippen LogP contribution >= 0.6 is 43.0 Å². The van der Waals surface area contributed by atoms with Gasteiger partial charge in [0.15, 0.2) is 0 Å². The largest absolute Gasteiger partial charge is 0.397 e. The fraction of sp³-hybridized carbons (Fsp3) is 1.00. The van der Waals surface area contributed by atoms with Crippen LogP contribution in [0.25, 0.3) is 0 Å². The molecule has 0 bridgehead atoms. The number of aliphatic hydroxyl groups excluding tert-OH is 1. The summed E-state index contributed by atoms with van der Waals surface area (Å²) in [7, 11) is -9.15. The third-order valence-electron chi connectivity index (χ3n) is 0.331. The van der Waals surface area contributed by atoms with Crippen molar-refractivity contribution in [2.24, 2.45) is 0 Å². The lowest BCUT2D eigenvalue weighted by Crippen LogP contribution is -2.18. The van der Waals surface area contributed by atoms with Gasteiger partial charge in [0.05, 0.1) is 0 Å². The zero-order valence-electron chi connectivity index (χ0n) is 7.92. The number of rotatable bonds is 3. The van der Waals surface area contributed by atoms with Gasteiger partial charge in [0.25, 0.3) is 0 Å². The topological polar surface area (TPSA) is 129 Å². The number of hydrogen-bond acceptors (Lipinski definition) is 9. The molecule has 0 heterocycles. The first-order valence-electron chi connectivity index (χ1n) is 3.16. The fourth-order valence-corrected chi connectivity index (χ4v) is 5.08. The van der Waals surface area contributed by atoms with Crippen molar-refractivity contribution >= 4 is 69.9 Å². The van der Waals surface area contributed by atoms with Crippen LogP contribution in [0.5, 0.6) is 0 Å². The van der Waals surface area contributed by atoms with Crippen LogP contribution in [0.15, 0.2) is 0 Å². The van der Waals surface area contributed by atoms with Crippen molar-refractivity contribution in [1.29, 1.82) is 0 Å². The molecule has 0 aliphatic rings. The molecule has 0 saturated heterocycles. The van der Waals surface area contributed by atoms with E-state index >= 15 is 0 Å². The molecule has 3 N–H and O–H groups in total. The molecule has 0 spiro atoms. The third-order valence-corrected chi connectivity index (χ3v) is 10.7. The molecule has 14 heteroatoms. The van der Waals surface area contributed by atoms with Gasteiger partial charge in [-0.1, -0.05) is 23.3 Å². The van der Waals surface area contributed by atoms with Crippen LogP contribution in [-0.4, -0.2) is 45.5 Å². The summed E-state index contributed by atoms with van der Waals surface area (Å²) in [6.07, 6.45) is 0. The van der Waals surface area contributed by atoms with Gasteiger partial charge in [0.1, 0.15) is 0 Å². The Hall–Kier alpha value is 1.40. The van der Waals surface area contributed by atoms with E-state index in [0.29, 0.717) is 0 Å². The molecule has 102 valence electrons. The highest BCUT2D eigenvalue weighted by molar-refractivity contribution is 9.21. The third kappa shape index (κ3) is 45.3. The second-order valence-corrected chi connectivity index (χ2v) is 15.4. The average molecular weight is 369 g/mol. The second-order valence-electron chi connectivity index (χ2n) is 1.75. The van der Waals surface area contributed by atoms with Crippen molar-refractivity contribution in [3.8, 4) is 0 Å². The van der Waals surface area contributed by atoms with Crippen LogP contribution in [-0.2, 0) is 19.1 Å². The van der Waals surface area contributed by atoms with Gasteiger partial charge in [-0.05, 0) is 26.6 Å². The lowest BCUT2D eigenvalue weighted by atomic mass is 10.9. The van der Waals surface area contributed by atoms with Crippen LogP contribution in [0, 0.1) is 0 Å². The molecule has 0 aromatic carbocycles. The summed E-state index contributed by atoms with van der Waals surface area (Å²) >= 11 is 7.45. The van der Waals surface area contributed by atoms with Crippen molar-refractivity contribution in [3.63, 3.8) is 0 Å². The zero-order chi connectivity index (χ0) is 13.8. The minimum absolute atomic E-state index is 0.250. The first kappa shape index (κ1) is 22.6. The summed E-state index contributed by atoms with van der Waals surface area (Å²) in [6, 6.07) is 0. The van der Waals surface area contributed by atoms with Crippen LogP contribution < -0.4 is 0 Å². The second kappa shape index (κ2) is 12.8. The van der Waals surface area contributed by atoms with E-state index in [1.54, 1.807) is 6.92 Å². The van der Waals surface area contributed by atoms with E-state index in [1.807, 2.05) is 0 Å². The van der Waals surface area contributed by atoms with Gasteiger partial charge in [-0.3, -0.25) is 9.11 Å². The van der Waals surface area contributed by atoms with Gasteiger partial charge in [0, 0.05) is 6.61 Å². The highest BCUT2D eigenvalue weighted by Crippen LogP contribution is 2.27. The molecule has 0 aromatic rings. The summed E-state index contributed by atoms with van der Waals surface area (Å²) in [5.41, 5.74) is 0. The molecule has 0 radical (unpaired) electrons. The van der Waals surface area contributed by atoms with Gasteiger partial charge < -0.3 is 5.11 Å². The average Bonchev–Trinajstić information content (AvgIpc) is 1.99. The predicted octanol–water partition coefficient (Wildman–Crippen LogP) is -0.183. The standard InChI is InChI=1S/C2H6O.H4O6S2Si.H2S4/c1-2-3;1-7(2,3)9-8(4,5)6;1-3-4-2/h3H,2H2,1H3;9H2,(H,1,2,3)(H,4,5,6);1-2H. The Morgan fingerprint density at radius 1 is 1.06 bits per heavy atom. The Kier molecular flexibility index (Phi) is 18.1. The van der Waals surface area contributed by atoms with Gasteiger partial charge in [-0.2, -0.15) is 0 Å². The van der Waals surface area contributed by atoms with Gasteiger partial charge in [0.2, 0.25) is 19.1 Å². The van der Waals surface area contributed by atoms with E-state index in [1.165, 1.54) is 19.7 Å². The Bertz CT molecular complexity index is 289. The Labute approximate surface area is 114 Å². The normalized spacial score (nSPS) is 10.6. The first-order chi connectivity index (χ1) is 7.04. The molecular formula is C2H12O7S6Si. The molecule has 0 aromatic heterocycles. The molecule has 0 aliphatic carbocycles. The van der Waals surface area contributed by atoms with Crippen LogP contribution in [0.4, 0.5) is 0 Å². The van der Waals surface area contributed by atoms with Gasteiger partial charge >= 0.3 is 7.82 Å². The van der Waals surface area contributed by atoms with Gasteiger partial charge in [-0.25, -0.2) is 16.8 Å². The highest BCUT2D eigenvalue weighted by Gasteiger charge is 2.18. The van der Waals surface area contributed by atoms with Crippen LogP contribution in [0.3, 0.4) is 0 Å². The maximum atomic E-state index is 9.72. The quantitative estimate of drug-likeness (QED) is 0.199. The molecule has 16 heavy (non-hydrogen) atoms. The molecular weight excluding hydrogens is 357 g/mol. The molecule has 0 unspecified atom stereocenters. The number of aliphatic hydroxyl groups is 1. The van der Waals surface area contributed by atoms with E-state index < -0.39 is 27.0 Å². The van der Waals surface area contributed by atoms with E-state index in [0.717, 1.165) is 0 Å². The van der Waals surface area contributed by atoms with Gasteiger partial charge in [-0.15, -0.1) is 0 Å². The number of hydrogen-bond donors (Lipinski definition) is 5. The van der Waals surface area contributed by atoms with Crippen molar-refractivity contribution in [2.75, 3.05) is 6.61 Å². The monoisotopic (exact) mass is 368 g/mol. The Balaban J connectivity index is -0.000000201. The van der Waals surface area contributed by atoms with E-state index in [2.05, 4.69) is 23.3 Å². The highest BCUT2D eigenvalue weighted by atomic mass is 33.7. The molecule has 0 atom stereocenters. The Morgan fingerprint density at radius 3 is 1.25 bits per heavy atom. The predicted molar refractivity (Wildman–Crippen MR) is 77.6 cm³/mol. The molecule has 0 saturated carbocycles. The van der Waals surface area contributed by atoms with E-state index in [-0.39, 0.29) is 6.61 Å². The SMILES string of the molecule is CCO.O=S(=O)(O)[SiH2]S(=O)(=O)O.SSSS. The first-order valence-corrected chi connectivity index (χ1v) is 14.1. The van der Waals surface area contributed by atoms with Crippen molar-refractivity contribution < 1.29 is 31.0 Å². The molecule has 0 amide bonds. The maximum Gasteiger partial charge on any atom is 0.367 e. The van der Waals surface area contributed by atoms with Crippen molar-refractivity contribution in [2.45, 2.75) is 6.92 Å². The minimum Gasteiger partial charge on any atom is -0.397 e. The molecule has 0 fully saturated rings. The molecule has 0 rings (SSSR count). The number of thiol groups is 2. The van der Waals surface area contributed by atoms with E-state index in [4.69, 9.17) is 14.2 Å². The lowest BCUT2D eigenvalue weighted by molar-refractivity contribution is 0.318. The summed E-state index contributed by atoms with van der Waals surface area (Å²) in [6.45, 7) is 1.93. The maximum absolute atomic E-state index is 9.72. The molecule has 0 aliphatic heterocycles. The summed E-state index contributed by atoms with van der Waals surface area (Å²) in [4.78, 5) is 0. The zero-order valence-corrected chi connectivity index (χ0v) is 14.4. The summed E-state index contributed by atoms with van der Waals surface area (Å²) in [5.74, 6) is 0. The fourth-order valence-electron chi connectivity index (χ4n) is 0.188. The van der Waals surface area contributed by atoms with Crippen molar-refractivity contribution in [3.05, 3.63) is 0 Å².